The van der Waals surface area contributed by atoms with Crippen molar-refractivity contribution in [3.8, 4) is 22.8 Å². The van der Waals surface area contributed by atoms with E-state index in [0.717, 1.165) is 29.7 Å². The first-order valence-corrected chi connectivity index (χ1v) is 16.3. The zero-order valence-corrected chi connectivity index (χ0v) is 24.8. The third-order valence-electron chi connectivity index (χ3n) is 7.62. The van der Waals surface area contributed by atoms with Crippen LogP contribution in [0.15, 0.2) is 54.7 Å². The Balaban J connectivity index is 1.58. The van der Waals surface area contributed by atoms with Crippen LogP contribution in [0.3, 0.4) is 0 Å². The van der Waals surface area contributed by atoms with Crippen molar-refractivity contribution in [2.24, 2.45) is 5.92 Å². The summed E-state index contributed by atoms with van der Waals surface area (Å²) in [6.45, 7) is 12.3. The highest BCUT2D eigenvalue weighted by Crippen LogP contribution is 2.38. The van der Waals surface area contributed by atoms with E-state index in [-0.39, 0.29) is 23.2 Å². The molecular weight excluding hydrogens is 511 g/mol. The molecule has 0 radical (unpaired) electrons. The molecule has 6 nitrogen and oxygen atoms in total. The molecule has 8 heteroatoms. The molecule has 1 heterocycles. The van der Waals surface area contributed by atoms with Crippen LogP contribution in [-0.4, -0.2) is 32.9 Å². The van der Waals surface area contributed by atoms with Gasteiger partial charge in [-0.2, -0.15) is 0 Å². The molecule has 1 aromatic heterocycles. The topological polar surface area (TPSA) is 69.7 Å². The molecule has 1 fully saturated rings. The molecule has 0 spiro atoms. The second-order valence-corrected chi connectivity index (χ2v) is 16.5. The molecule has 39 heavy (non-hydrogen) atoms. The molecule has 0 atom stereocenters. The van der Waals surface area contributed by atoms with E-state index in [4.69, 9.17) is 13.9 Å². The Kier molecular flexibility index (Phi) is 8.76. The van der Waals surface area contributed by atoms with Crippen molar-refractivity contribution in [1.29, 1.82) is 0 Å². The third-order valence-corrected chi connectivity index (χ3v) is 12.1. The highest BCUT2D eigenvalue weighted by atomic mass is 28.4. The van der Waals surface area contributed by atoms with E-state index in [0.29, 0.717) is 36.0 Å². The fourth-order valence-electron chi connectivity index (χ4n) is 3.86. The number of benzene rings is 2. The quantitative estimate of drug-likeness (QED) is 0.257. The molecule has 1 N–H and O–H groups in total. The second kappa shape index (κ2) is 11.9. The highest BCUT2D eigenvalue weighted by molar-refractivity contribution is 6.74. The number of ether oxygens (including phenoxy) is 2. The Morgan fingerprint density at radius 1 is 1.10 bits per heavy atom. The molecular formula is C31H39FN2O4Si. The summed E-state index contributed by atoms with van der Waals surface area (Å²) in [5.74, 6) is 0.463. The number of hydrogen-bond donors (Lipinski definition) is 1. The first-order valence-electron chi connectivity index (χ1n) is 13.4. The van der Waals surface area contributed by atoms with Gasteiger partial charge in [-0.3, -0.25) is 9.78 Å². The van der Waals surface area contributed by atoms with E-state index in [1.54, 1.807) is 18.3 Å². The maximum absolute atomic E-state index is 14.2. The average molecular weight is 551 g/mol. The largest absolute Gasteiger partial charge is 0.494 e. The summed E-state index contributed by atoms with van der Waals surface area (Å²) in [6, 6.07) is 14.2. The lowest BCUT2D eigenvalue weighted by atomic mass is 10.0. The summed E-state index contributed by atoms with van der Waals surface area (Å²) >= 11 is 0. The molecule has 3 aromatic rings. The molecule has 2 aromatic carbocycles. The number of nitrogens with zero attached hydrogens (tertiary/aromatic N) is 1. The molecule has 0 aliphatic heterocycles. The molecule has 1 amide bonds. The molecule has 1 saturated carbocycles. The first-order chi connectivity index (χ1) is 18.5. The lowest BCUT2D eigenvalue weighted by molar-refractivity contribution is 0.0946. The number of amides is 1. The molecule has 1 aliphatic carbocycles. The summed E-state index contributed by atoms with van der Waals surface area (Å²) < 4.78 is 31.7. The number of pyridine rings is 1. The zero-order valence-electron chi connectivity index (χ0n) is 23.8. The van der Waals surface area contributed by atoms with Gasteiger partial charge in [0.2, 0.25) is 0 Å². The minimum Gasteiger partial charge on any atom is -0.494 e. The number of nitrogens with one attached hydrogen (secondary N) is 1. The highest BCUT2D eigenvalue weighted by Gasteiger charge is 2.37. The Morgan fingerprint density at radius 2 is 1.85 bits per heavy atom. The van der Waals surface area contributed by atoms with E-state index in [1.165, 1.54) is 13.2 Å². The summed E-state index contributed by atoms with van der Waals surface area (Å²) in [6.07, 6.45) is 4.04. The van der Waals surface area contributed by atoms with Crippen LogP contribution in [0.5, 0.6) is 11.5 Å². The van der Waals surface area contributed by atoms with Gasteiger partial charge in [0.15, 0.2) is 19.9 Å². The summed E-state index contributed by atoms with van der Waals surface area (Å²) in [4.78, 5) is 18.0. The molecule has 1 aliphatic rings. The van der Waals surface area contributed by atoms with Gasteiger partial charge in [-0.05, 0) is 78.9 Å². The molecule has 0 saturated heterocycles. The Labute approximate surface area is 232 Å². The van der Waals surface area contributed by atoms with Crippen LogP contribution < -0.4 is 14.8 Å². The number of halogens is 1. The van der Waals surface area contributed by atoms with Crippen molar-refractivity contribution < 1.29 is 23.1 Å². The van der Waals surface area contributed by atoms with Gasteiger partial charge >= 0.3 is 0 Å². The third kappa shape index (κ3) is 7.25. The van der Waals surface area contributed by atoms with Crippen LogP contribution in [0.4, 0.5) is 4.39 Å². The number of hydrogen-bond acceptors (Lipinski definition) is 5. The zero-order chi connectivity index (χ0) is 28.2. The van der Waals surface area contributed by atoms with Crippen LogP contribution in [0.25, 0.3) is 11.3 Å². The average Bonchev–Trinajstić information content (AvgIpc) is 3.73. The fourth-order valence-corrected chi connectivity index (χ4v) is 4.81. The van der Waals surface area contributed by atoms with Crippen LogP contribution in [0.2, 0.25) is 18.1 Å². The SMILES string of the molecule is COc1ccc(CNC(=O)c2cc(-c3ncccc3CO[Si](C)(C)C(C)(C)C)ccc2OCC2CC2)cc1F. The van der Waals surface area contributed by atoms with E-state index in [2.05, 4.69) is 44.2 Å². The van der Waals surface area contributed by atoms with Gasteiger partial charge in [0.1, 0.15) is 5.75 Å². The lowest BCUT2D eigenvalue weighted by Gasteiger charge is -2.36. The molecule has 0 bridgehead atoms. The Morgan fingerprint density at radius 3 is 2.51 bits per heavy atom. The standard InChI is InChI=1S/C31H39FN2O4Si/c1-31(2,3)39(5,6)38-20-24-8-7-15-33-29(24)23-12-14-27(37-19-21-9-10-21)25(17-23)30(35)34-18-22-11-13-28(36-4)26(32)16-22/h7-8,11-17,21H,9-10,18-20H2,1-6H3,(H,34,35). The van der Waals surface area contributed by atoms with Crippen LogP contribution in [0, 0.1) is 11.7 Å². The number of aromatic nitrogens is 1. The minimum atomic E-state index is -1.96. The van der Waals surface area contributed by atoms with Crippen molar-refractivity contribution in [1.82, 2.24) is 10.3 Å². The van der Waals surface area contributed by atoms with E-state index >= 15 is 0 Å². The van der Waals surface area contributed by atoms with Crippen molar-refractivity contribution in [3.05, 3.63) is 77.2 Å². The number of carbonyl (C=O) groups excluding carboxylic acids is 1. The van der Waals surface area contributed by atoms with E-state index in [9.17, 15) is 9.18 Å². The first kappa shape index (κ1) is 28.8. The summed E-state index contributed by atoms with van der Waals surface area (Å²) in [5.41, 5.74) is 3.60. The van der Waals surface area contributed by atoms with Gasteiger partial charge in [0.25, 0.3) is 5.91 Å². The van der Waals surface area contributed by atoms with Crippen molar-refractivity contribution in [2.75, 3.05) is 13.7 Å². The van der Waals surface area contributed by atoms with Crippen LogP contribution in [0.1, 0.15) is 55.1 Å². The monoisotopic (exact) mass is 550 g/mol. The van der Waals surface area contributed by atoms with Crippen molar-refractivity contribution >= 4 is 14.2 Å². The van der Waals surface area contributed by atoms with Crippen LogP contribution >= 0.6 is 0 Å². The smallest absolute Gasteiger partial charge is 0.255 e. The van der Waals surface area contributed by atoms with Gasteiger partial charge in [-0.25, -0.2) is 4.39 Å². The second-order valence-electron chi connectivity index (χ2n) is 11.7. The molecule has 4 rings (SSSR count). The fraction of sp³-hybridized carbons (Fsp3) is 0.419. The maximum Gasteiger partial charge on any atom is 0.255 e. The van der Waals surface area contributed by atoms with Gasteiger partial charge in [-0.1, -0.05) is 32.9 Å². The molecule has 0 unspecified atom stereocenters. The summed E-state index contributed by atoms with van der Waals surface area (Å²) in [7, 11) is -0.545. The van der Waals surface area contributed by atoms with Gasteiger partial charge in [0, 0.05) is 23.9 Å². The van der Waals surface area contributed by atoms with E-state index < -0.39 is 14.1 Å². The predicted octanol–water partition coefficient (Wildman–Crippen LogP) is 7.14. The van der Waals surface area contributed by atoms with Crippen LogP contribution in [-0.2, 0) is 17.6 Å². The number of rotatable bonds is 11. The van der Waals surface area contributed by atoms with E-state index in [1.807, 2.05) is 30.3 Å². The van der Waals surface area contributed by atoms with Gasteiger partial charge in [-0.15, -0.1) is 0 Å². The molecule has 208 valence electrons. The number of methoxy groups -OCH3 is 1. The normalized spacial score (nSPS) is 13.7. The Hall–Kier alpha value is -3.23. The van der Waals surface area contributed by atoms with Gasteiger partial charge < -0.3 is 19.2 Å². The maximum atomic E-state index is 14.2. The van der Waals surface area contributed by atoms with Gasteiger partial charge in [0.05, 0.1) is 31.6 Å². The van der Waals surface area contributed by atoms with Crippen molar-refractivity contribution in [2.45, 2.75) is 64.9 Å². The summed E-state index contributed by atoms with van der Waals surface area (Å²) in [5, 5.41) is 3.00. The number of carbonyl (C=O) groups is 1. The predicted molar refractivity (Wildman–Crippen MR) is 154 cm³/mol. The lowest BCUT2D eigenvalue weighted by Crippen LogP contribution is -2.40. The Bertz CT molecular complexity index is 1320. The minimum absolute atomic E-state index is 0.0912. The van der Waals surface area contributed by atoms with Crippen molar-refractivity contribution in [3.63, 3.8) is 0 Å².